The molecule has 1 aliphatic heterocycles. The first-order valence-electron chi connectivity index (χ1n) is 6.23. The maximum absolute atomic E-state index is 12.8. The molecule has 0 aromatic heterocycles. The summed E-state index contributed by atoms with van der Waals surface area (Å²) < 4.78 is 39.2. The van der Waals surface area contributed by atoms with E-state index in [1.165, 1.54) is 0 Å². The second kappa shape index (κ2) is 6.24. The number of nitrogens with zero attached hydrogens (tertiary/aromatic N) is 1. The molecule has 1 heterocycles. The Labute approximate surface area is 119 Å². The minimum atomic E-state index is -4.16. The zero-order chi connectivity index (χ0) is 13.9. The molecule has 1 aliphatic rings. The van der Waals surface area contributed by atoms with Gasteiger partial charge in [-0.05, 0) is 11.6 Å². The van der Waals surface area contributed by atoms with Gasteiger partial charge in [0.1, 0.15) is 0 Å². The largest absolute Gasteiger partial charge is 0.390 e. The lowest BCUT2D eigenvalue weighted by molar-refractivity contribution is -0.148. The van der Waals surface area contributed by atoms with Crippen LogP contribution in [0.2, 0.25) is 0 Å². The summed E-state index contributed by atoms with van der Waals surface area (Å²) in [6.45, 7) is 2.75. The summed E-state index contributed by atoms with van der Waals surface area (Å²) in [5.41, 5.74) is 0.710. The number of piperazine rings is 1. The van der Waals surface area contributed by atoms with Gasteiger partial charge in [-0.15, -0.1) is 0 Å². The highest BCUT2D eigenvalue weighted by Gasteiger charge is 2.36. The summed E-state index contributed by atoms with van der Waals surface area (Å²) in [4.78, 5) is 1.91. The molecule has 1 fully saturated rings. The van der Waals surface area contributed by atoms with Crippen molar-refractivity contribution in [2.45, 2.75) is 18.6 Å². The predicted molar refractivity (Wildman–Crippen MR) is 72.0 cm³/mol. The highest BCUT2D eigenvalue weighted by atomic mass is 79.9. The summed E-state index contributed by atoms with van der Waals surface area (Å²) in [6, 6.07) is 6.54. The molecule has 1 aromatic rings. The van der Waals surface area contributed by atoms with E-state index in [1.54, 1.807) is 18.2 Å². The van der Waals surface area contributed by atoms with E-state index in [9.17, 15) is 13.2 Å². The van der Waals surface area contributed by atoms with Crippen LogP contribution in [0.3, 0.4) is 0 Å². The molecule has 6 heteroatoms. The van der Waals surface area contributed by atoms with Crippen molar-refractivity contribution >= 4 is 15.9 Å². The number of hydrogen-bond acceptors (Lipinski definition) is 2. The molecule has 1 N–H and O–H groups in total. The number of halogens is 4. The number of hydrogen-bond donors (Lipinski definition) is 1. The first kappa shape index (κ1) is 14.8. The third-order valence-electron chi connectivity index (χ3n) is 3.28. The van der Waals surface area contributed by atoms with E-state index in [1.807, 2.05) is 11.0 Å². The van der Waals surface area contributed by atoms with Crippen molar-refractivity contribution in [1.82, 2.24) is 10.2 Å². The number of nitrogens with one attached hydrogen (secondary N) is 1. The lowest BCUT2D eigenvalue weighted by Gasteiger charge is -2.36. The maximum atomic E-state index is 12.8. The zero-order valence-electron chi connectivity index (χ0n) is 10.4. The van der Waals surface area contributed by atoms with Crippen molar-refractivity contribution in [2.24, 2.45) is 0 Å². The van der Waals surface area contributed by atoms with Crippen LogP contribution in [0.5, 0.6) is 0 Å². The summed E-state index contributed by atoms with van der Waals surface area (Å²) >= 11 is 3.36. The molecule has 0 spiro atoms. The molecule has 0 amide bonds. The molecule has 106 valence electrons. The average molecular weight is 337 g/mol. The lowest BCUT2D eigenvalue weighted by Crippen LogP contribution is -2.46. The molecule has 1 aromatic carbocycles. The van der Waals surface area contributed by atoms with E-state index in [2.05, 4.69) is 21.2 Å². The van der Waals surface area contributed by atoms with Gasteiger partial charge in [0.2, 0.25) is 0 Å². The Kier molecular flexibility index (Phi) is 4.86. The molecule has 2 rings (SSSR count). The second-order valence-corrected chi connectivity index (χ2v) is 5.50. The van der Waals surface area contributed by atoms with Gasteiger partial charge in [-0.25, -0.2) is 0 Å². The number of benzene rings is 1. The molecule has 2 nitrogen and oxygen atoms in total. The molecule has 19 heavy (non-hydrogen) atoms. The third-order valence-corrected chi connectivity index (χ3v) is 4.00. The molecule has 0 aliphatic carbocycles. The van der Waals surface area contributed by atoms with Crippen LogP contribution in [0.25, 0.3) is 0 Å². The van der Waals surface area contributed by atoms with Gasteiger partial charge < -0.3 is 5.32 Å². The number of alkyl halides is 3. The molecule has 0 bridgehead atoms. The fourth-order valence-corrected chi connectivity index (χ4v) is 2.94. The first-order chi connectivity index (χ1) is 8.97. The fourth-order valence-electron chi connectivity index (χ4n) is 2.39. The number of rotatable bonds is 3. The Balaban J connectivity index is 2.25. The van der Waals surface area contributed by atoms with Crippen LogP contribution in [0.4, 0.5) is 13.2 Å². The third kappa shape index (κ3) is 4.19. The smallest absolute Gasteiger partial charge is 0.314 e. The summed E-state index contributed by atoms with van der Waals surface area (Å²) in [6.07, 6.45) is -4.97. The van der Waals surface area contributed by atoms with Crippen LogP contribution in [-0.4, -0.2) is 37.3 Å². The van der Waals surface area contributed by atoms with Gasteiger partial charge in [0, 0.05) is 36.7 Å². The topological polar surface area (TPSA) is 15.3 Å². The van der Waals surface area contributed by atoms with Gasteiger partial charge in [-0.3, -0.25) is 4.90 Å². The first-order valence-corrected chi connectivity index (χ1v) is 7.02. The normalized spacial score (nSPS) is 19.4. The Morgan fingerprint density at radius 1 is 1.21 bits per heavy atom. The Morgan fingerprint density at radius 2 is 1.84 bits per heavy atom. The quantitative estimate of drug-likeness (QED) is 0.910. The summed E-state index contributed by atoms with van der Waals surface area (Å²) in [5.74, 6) is 0. The van der Waals surface area contributed by atoms with Crippen LogP contribution >= 0.6 is 15.9 Å². The van der Waals surface area contributed by atoms with Gasteiger partial charge in [0.25, 0.3) is 0 Å². The zero-order valence-corrected chi connectivity index (χ0v) is 12.0. The highest BCUT2D eigenvalue weighted by Crippen LogP contribution is 2.36. The van der Waals surface area contributed by atoms with E-state index < -0.39 is 18.6 Å². The Bertz CT molecular complexity index is 417. The minimum Gasteiger partial charge on any atom is -0.314 e. The van der Waals surface area contributed by atoms with Gasteiger partial charge in [-0.2, -0.15) is 13.2 Å². The van der Waals surface area contributed by atoms with E-state index in [0.717, 1.165) is 17.6 Å². The molecule has 0 saturated carbocycles. The van der Waals surface area contributed by atoms with Crippen molar-refractivity contribution < 1.29 is 13.2 Å². The van der Waals surface area contributed by atoms with E-state index in [-0.39, 0.29) is 0 Å². The monoisotopic (exact) mass is 336 g/mol. The minimum absolute atomic E-state index is 0.613. The van der Waals surface area contributed by atoms with Crippen molar-refractivity contribution in [3.8, 4) is 0 Å². The molecule has 1 atom stereocenters. The van der Waals surface area contributed by atoms with Crippen LogP contribution < -0.4 is 5.32 Å². The van der Waals surface area contributed by atoms with E-state index >= 15 is 0 Å². The highest BCUT2D eigenvalue weighted by molar-refractivity contribution is 9.10. The molecular formula is C13H16BrF3N2. The van der Waals surface area contributed by atoms with Gasteiger partial charge in [-0.1, -0.05) is 34.1 Å². The Morgan fingerprint density at radius 3 is 2.42 bits per heavy atom. The maximum Gasteiger partial charge on any atom is 0.390 e. The van der Waals surface area contributed by atoms with E-state index in [0.29, 0.717) is 18.7 Å². The summed E-state index contributed by atoms with van der Waals surface area (Å²) in [5, 5.41) is 3.16. The molecule has 0 unspecified atom stereocenters. The van der Waals surface area contributed by atoms with Gasteiger partial charge in [0.05, 0.1) is 6.42 Å². The van der Waals surface area contributed by atoms with Crippen LogP contribution in [0.15, 0.2) is 28.7 Å². The lowest BCUT2D eigenvalue weighted by atomic mass is 10.0. The van der Waals surface area contributed by atoms with Crippen molar-refractivity contribution in [1.29, 1.82) is 0 Å². The summed E-state index contributed by atoms with van der Waals surface area (Å²) in [7, 11) is 0. The fraction of sp³-hybridized carbons (Fsp3) is 0.538. The molecule has 1 saturated heterocycles. The van der Waals surface area contributed by atoms with Gasteiger partial charge in [0.15, 0.2) is 0 Å². The van der Waals surface area contributed by atoms with Crippen molar-refractivity contribution in [3.05, 3.63) is 34.3 Å². The van der Waals surface area contributed by atoms with Crippen molar-refractivity contribution in [2.75, 3.05) is 26.2 Å². The Hall–Kier alpha value is -0.590. The SMILES string of the molecule is FC(F)(F)C[C@@H](c1ccccc1Br)N1CCNCC1. The van der Waals surface area contributed by atoms with Crippen LogP contribution in [-0.2, 0) is 0 Å². The molecule has 0 radical (unpaired) electrons. The van der Waals surface area contributed by atoms with E-state index in [4.69, 9.17) is 0 Å². The predicted octanol–water partition coefficient (Wildman–Crippen LogP) is 3.35. The standard InChI is InChI=1S/C13H16BrF3N2/c14-11-4-2-1-3-10(11)12(9-13(15,16)17)19-7-5-18-6-8-19/h1-4,12,18H,5-9H2/t12-/m0/s1. The van der Waals surface area contributed by atoms with Gasteiger partial charge >= 0.3 is 6.18 Å². The second-order valence-electron chi connectivity index (χ2n) is 4.64. The molecular weight excluding hydrogens is 321 g/mol. The average Bonchev–Trinajstić information content (AvgIpc) is 2.37. The van der Waals surface area contributed by atoms with Crippen LogP contribution in [0, 0.1) is 0 Å². The van der Waals surface area contributed by atoms with Crippen molar-refractivity contribution in [3.63, 3.8) is 0 Å². The van der Waals surface area contributed by atoms with Crippen LogP contribution in [0.1, 0.15) is 18.0 Å².